The lowest BCUT2D eigenvalue weighted by Crippen LogP contribution is -2.25. The van der Waals surface area contributed by atoms with Crippen molar-refractivity contribution in [2.45, 2.75) is 19.4 Å². The number of hydrogen-bond acceptors (Lipinski definition) is 2. The normalized spacial score (nSPS) is 12.1. The highest BCUT2D eigenvalue weighted by Gasteiger charge is 2.09. The number of nitrogens with two attached hydrogens (primary N) is 1. The summed E-state index contributed by atoms with van der Waals surface area (Å²) in [5.41, 5.74) is 8.29. The first kappa shape index (κ1) is 12.7. The molecule has 2 aromatic carbocycles. The SMILES string of the molecule is CC(N)CCN(c1ccccc1)c1ccccc1. The predicted octanol–water partition coefficient (Wildman–Crippen LogP) is 3.56. The topological polar surface area (TPSA) is 29.3 Å². The Labute approximate surface area is 109 Å². The van der Waals surface area contributed by atoms with Crippen molar-refractivity contribution >= 4 is 11.4 Å². The molecule has 0 aliphatic rings. The molecule has 0 amide bonds. The van der Waals surface area contributed by atoms with E-state index < -0.39 is 0 Å². The second kappa shape index (κ2) is 6.22. The number of para-hydroxylation sites is 2. The first-order chi connectivity index (χ1) is 8.77. The van der Waals surface area contributed by atoms with Crippen LogP contribution in [0.2, 0.25) is 0 Å². The van der Waals surface area contributed by atoms with E-state index >= 15 is 0 Å². The van der Waals surface area contributed by atoms with E-state index in [0.29, 0.717) is 0 Å². The van der Waals surface area contributed by atoms with Crippen LogP contribution in [0.25, 0.3) is 0 Å². The minimum absolute atomic E-state index is 0.222. The number of rotatable bonds is 5. The van der Waals surface area contributed by atoms with Crippen molar-refractivity contribution in [2.75, 3.05) is 11.4 Å². The van der Waals surface area contributed by atoms with Crippen LogP contribution >= 0.6 is 0 Å². The molecule has 18 heavy (non-hydrogen) atoms. The quantitative estimate of drug-likeness (QED) is 0.865. The molecule has 2 heteroatoms. The van der Waals surface area contributed by atoms with Crippen molar-refractivity contribution < 1.29 is 0 Å². The van der Waals surface area contributed by atoms with E-state index in [2.05, 4.69) is 53.4 Å². The number of benzene rings is 2. The zero-order valence-electron chi connectivity index (χ0n) is 10.8. The molecule has 2 rings (SSSR count). The minimum Gasteiger partial charge on any atom is -0.341 e. The number of hydrogen-bond donors (Lipinski definition) is 1. The molecule has 0 heterocycles. The molecule has 2 N–H and O–H groups in total. The average molecular weight is 240 g/mol. The molecule has 1 unspecified atom stereocenters. The van der Waals surface area contributed by atoms with Gasteiger partial charge in [0, 0.05) is 24.0 Å². The molecule has 0 spiro atoms. The van der Waals surface area contributed by atoms with Gasteiger partial charge in [0.1, 0.15) is 0 Å². The van der Waals surface area contributed by atoms with Crippen LogP contribution in [-0.4, -0.2) is 12.6 Å². The molecule has 2 aromatic rings. The summed E-state index contributed by atoms with van der Waals surface area (Å²) in [4.78, 5) is 2.31. The van der Waals surface area contributed by atoms with Gasteiger partial charge in [0.2, 0.25) is 0 Å². The molecule has 1 atom stereocenters. The van der Waals surface area contributed by atoms with Crippen molar-refractivity contribution in [3.8, 4) is 0 Å². The summed E-state index contributed by atoms with van der Waals surface area (Å²) in [7, 11) is 0. The predicted molar refractivity (Wildman–Crippen MR) is 78.2 cm³/mol. The summed E-state index contributed by atoms with van der Waals surface area (Å²) >= 11 is 0. The van der Waals surface area contributed by atoms with Gasteiger partial charge in [-0.15, -0.1) is 0 Å². The maximum Gasteiger partial charge on any atom is 0.0410 e. The first-order valence-electron chi connectivity index (χ1n) is 6.40. The Bertz CT molecular complexity index is 412. The van der Waals surface area contributed by atoms with E-state index in [0.717, 1.165) is 13.0 Å². The van der Waals surface area contributed by atoms with Gasteiger partial charge in [0.05, 0.1) is 0 Å². The molecular formula is C16H20N2. The van der Waals surface area contributed by atoms with Crippen LogP contribution in [0, 0.1) is 0 Å². The standard InChI is InChI=1S/C16H20N2/c1-14(17)12-13-18(15-8-4-2-5-9-15)16-10-6-3-7-11-16/h2-11,14H,12-13,17H2,1H3. The Morgan fingerprint density at radius 1 is 0.889 bits per heavy atom. The zero-order valence-corrected chi connectivity index (χ0v) is 10.8. The summed E-state index contributed by atoms with van der Waals surface area (Å²) in [5, 5.41) is 0. The molecule has 0 radical (unpaired) electrons. The van der Waals surface area contributed by atoms with Gasteiger partial charge in [0.25, 0.3) is 0 Å². The van der Waals surface area contributed by atoms with Gasteiger partial charge in [0.15, 0.2) is 0 Å². The molecule has 0 saturated heterocycles. The third kappa shape index (κ3) is 3.34. The fourth-order valence-corrected chi connectivity index (χ4v) is 1.96. The molecule has 0 saturated carbocycles. The summed E-state index contributed by atoms with van der Waals surface area (Å²) in [6, 6.07) is 21.1. The van der Waals surface area contributed by atoms with Crippen LogP contribution in [0.3, 0.4) is 0 Å². The van der Waals surface area contributed by atoms with Crippen LogP contribution in [0.4, 0.5) is 11.4 Å². The van der Waals surface area contributed by atoms with Crippen molar-refractivity contribution in [3.63, 3.8) is 0 Å². The summed E-state index contributed by atoms with van der Waals surface area (Å²) < 4.78 is 0. The summed E-state index contributed by atoms with van der Waals surface area (Å²) in [5.74, 6) is 0. The fourth-order valence-electron chi connectivity index (χ4n) is 1.96. The molecule has 0 aliphatic heterocycles. The zero-order chi connectivity index (χ0) is 12.8. The number of nitrogens with zero attached hydrogens (tertiary/aromatic N) is 1. The molecule has 94 valence electrons. The largest absolute Gasteiger partial charge is 0.341 e. The van der Waals surface area contributed by atoms with Gasteiger partial charge in [-0.2, -0.15) is 0 Å². The Morgan fingerprint density at radius 2 is 1.33 bits per heavy atom. The monoisotopic (exact) mass is 240 g/mol. The third-order valence-corrected chi connectivity index (χ3v) is 2.94. The maximum absolute atomic E-state index is 5.87. The Morgan fingerprint density at radius 3 is 1.72 bits per heavy atom. The highest BCUT2D eigenvalue weighted by atomic mass is 15.1. The second-order valence-electron chi connectivity index (χ2n) is 4.59. The van der Waals surface area contributed by atoms with Crippen molar-refractivity contribution in [1.82, 2.24) is 0 Å². The van der Waals surface area contributed by atoms with Crippen LogP contribution in [-0.2, 0) is 0 Å². The van der Waals surface area contributed by atoms with Gasteiger partial charge in [-0.25, -0.2) is 0 Å². The van der Waals surface area contributed by atoms with Crippen LogP contribution in [0.5, 0.6) is 0 Å². The van der Waals surface area contributed by atoms with E-state index in [-0.39, 0.29) is 6.04 Å². The smallest absolute Gasteiger partial charge is 0.0410 e. The van der Waals surface area contributed by atoms with Crippen molar-refractivity contribution in [1.29, 1.82) is 0 Å². The van der Waals surface area contributed by atoms with Gasteiger partial charge in [-0.3, -0.25) is 0 Å². The lowest BCUT2D eigenvalue weighted by Gasteiger charge is -2.25. The van der Waals surface area contributed by atoms with Crippen LogP contribution < -0.4 is 10.6 Å². The van der Waals surface area contributed by atoms with E-state index in [1.807, 2.05) is 19.1 Å². The molecular weight excluding hydrogens is 220 g/mol. The Kier molecular flexibility index (Phi) is 4.37. The highest BCUT2D eigenvalue weighted by molar-refractivity contribution is 5.62. The van der Waals surface area contributed by atoms with Gasteiger partial charge in [-0.1, -0.05) is 36.4 Å². The third-order valence-electron chi connectivity index (χ3n) is 2.94. The summed E-state index contributed by atoms with van der Waals surface area (Å²) in [6.07, 6.45) is 0.976. The second-order valence-corrected chi connectivity index (χ2v) is 4.59. The minimum atomic E-state index is 0.222. The van der Waals surface area contributed by atoms with Crippen molar-refractivity contribution in [2.24, 2.45) is 5.73 Å². The average Bonchev–Trinajstić information content (AvgIpc) is 2.41. The lowest BCUT2D eigenvalue weighted by molar-refractivity contribution is 0.668. The molecule has 0 bridgehead atoms. The van der Waals surface area contributed by atoms with E-state index in [4.69, 9.17) is 5.73 Å². The number of anilines is 2. The van der Waals surface area contributed by atoms with Gasteiger partial charge < -0.3 is 10.6 Å². The van der Waals surface area contributed by atoms with Crippen LogP contribution in [0.15, 0.2) is 60.7 Å². The van der Waals surface area contributed by atoms with E-state index in [1.165, 1.54) is 11.4 Å². The highest BCUT2D eigenvalue weighted by Crippen LogP contribution is 2.24. The fraction of sp³-hybridized carbons (Fsp3) is 0.250. The maximum atomic E-state index is 5.87. The molecule has 2 nitrogen and oxygen atoms in total. The van der Waals surface area contributed by atoms with Crippen molar-refractivity contribution in [3.05, 3.63) is 60.7 Å². The first-order valence-corrected chi connectivity index (χ1v) is 6.40. The Balaban J connectivity index is 2.24. The lowest BCUT2D eigenvalue weighted by atomic mass is 10.2. The molecule has 0 aromatic heterocycles. The summed E-state index contributed by atoms with van der Waals surface area (Å²) in [6.45, 7) is 2.99. The Hall–Kier alpha value is -1.80. The molecule has 0 aliphatic carbocycles. The van der Waals surface area contributed by atoms with E-state index in [9.17, 15) is 0 Å². The van der Waals surface area contributed by atoms with Crippen LogP contribution in [0.1, 0.15) is 13.3 Å². The van der Waals surface area contributed by atoms with Gasteiger partial charge >= 0.3 is 0 Å². The van der Waals surface area contributed by atoms with E-state index in [1.54, 1.807) is 0 Å². The molecule has 0 fully saturated rings. The van der Waals surface area contributed by atoms with Gasteiger partial charge in [-0.05, 0) is 37.6 Å².